The van der Waals surface area contributed by atoms with Crippen molar-refractivity contribution in [2.45, 2.75) is 82.9 Å². The van der Waals surface area contributed by atoms with Crippen LogP contribution in [0, 0.1) is 22.0 Å². The van der Waals surface area contributed by atoms with Crippen LogP contribution in [0.5, 0.6) is 0 Å². The van der Waals surface area contributed by atoms with Gasteiger partial charge in [0.25, 0.3) is 0 Å². The fourth-order valence-corrected chi connectivity index (χ4v) is 3.98. The molecule has 2 fully saturated rings. The second-order valence-electron chi connectivity index (χ2n) is 7.74. The lowest BCUT2D eigenvalue weighted by atomic mass is 9.84. The monoisotopic (exact) mass is 369 g/mol. The average Bonchev–Trinajstić information content (AvgIpc) is 2.62. The van der Waals surface area contributed by atoms with Gasteiger partial charge >= 0.3 is 0 Å². The number of primary amides is 1. The summed E-state index contributed by atoms with van der Waals surface area (Å²) in [5.74, 6) is -0.284. The first-order valence-corrected chi connectivity index (χ1v) is 9.71. The SMILES string of the molecule is CC(NC(=O)C1CCCC(OCCC2CCC([N+](=O)[O-])CC2)C1)C(N)=O. The topological polar surface area (TPSA) is 125 Å². The molecule has 3 unspecified atom stereocenters. The van der Waals surface area contributed by atoms with Crippen LogP contribution >= 0.6 is 0 Å². The first kappa shape index (κ1) is 20.6. The van der Waals surface area contributed by atoms with Crippen molar-refractivity contribution >= 4 is 11.8 Å². The summed E-state index contributed by atoms with van der Waals surface area (Å²) in [7, 11) is 0. The number of hydrogen-bond donors (Lipinski definition) is 2. The molecule has 2 saturated carbocycles. The zero-order valence-corrected chi connectivity index (χ0v) is 15.5. The number of ether oxygens (including phenoxy) is 1. The van der Waals surface area contributed by atoms with Crippen molar-refractivity contribution in [2.75, 3.05) is 6.61 Å². The lowest BCUT2D eigenvalue weighted by Gasteiger charge is -2.30. The molecule has 0 radical (unpaired) electrons. The van der Waals surface area contributed by atoms with Gasteiger partial charge in [-0.15, -0.1) is 0 Å². The highest BCUT2D eigenvalue weighted by molar-refractivity contribution is 5.87. The van der Waals surface area contributed by atoms with E-state index in [1.165, 1.54) is 0 Å². The van der Waals surface area contributed by atoms with Crippen LogP contribution in [0.3, 0.4) is 0 Å². The highest BCUT2D eigenvalue weighted by Gasteiger charge is 2.30. The lowest BCUT2D eigenvalue weighted by molar-refractivity contribution is -0.527. The van der Waals surface area contributed by atoms with Gasteiger partial charge in [-0.05, 0) is 51.4 Å². The van der Waals surface area contributed by atoms with Crippen LogP contribution in [0.15, 0.2) is 0 Å². The van der Waals surface area contributed by atoms with Gasteiger partial charge in [-0.2, -0.15) is 0 Å². The van der Waals surface area contributed by atoms with E-state index in [1.54, 1.807) is 6.92 Å². The van der Waals surface area contributed by atoms with Gasteiger partial charge in [0.05, 0.1) is 6.10 Å². The van der Waals surface area contributed by atoms with Crippen molar-refractivity contribution in [1.29, 1.82) is 0 Å². The quantitative estimate of drug-likeness (QED) is 0.498. The van der Waals surface area contributed by atoms with E-state index in [-0.39, 0.29) is 28.9 Å². The number of amides is 2. The minimum absolute atomic E-state index is 0.0681. The molecule has 0 saturated heterocycles. The summed E-state index contributed by atoms with van der Waals surface area (Å²) in [5.41, 5.74) is 5.19. The van der Waals surface area contributed by atoms with Crippen LogP contribution in [0.2, 0.25) is 0 Å². The largest absolute Gasteiger partial charge is 0.378 e. The molecule has 2 amide bonds. The van der Waals surface area contributed by atoms with Crippen molar-refractivity contribution in [3.8, 4) is 0 Å². The van der Waals surface area contributed by atoms with Crippen LogP contribution in [-0.4, -0.2) is 41.5 Å². The summed E-state index contributed by atoms with van der Waals surface area (Å²) in [6.07, 6.45) is 7.49. The van der Waals surface area contributed by atoms with Gasteiger partial charge in [0.15, 0.2) is 0 Å². The van der Waals surface area contributed by atoms with E-state index in [1.807, 2.05) is 0 Å². The number of rotatable bonds is 8. The van der Waals surface area contributed by atoms with E-state index in [0.29, 0.717) is 31.8 Å². The molecule has 3 atom stereocenters. The van der Waals surface area contributed by atoms with Gasteiger partial charge in [-0.25, -0.2) is 0 Å². The minimum atomic E-state index is -0.655. The lowest BCUT2D eigenvalue weighted by Crippen LogP contribution is -2.46. The summed E-state index contributed by atoms with van der Waals surface area (Å²) in [5, 5.41) is 13.5. The highest BCUT2D eigenvalue weighted by atomic mass is 16.6. The van der Waals surface area contributed by atoms with Crippen LogP contribution in [0.25, 0.3) is 0 Å². The number of nitrogens with one attached hydrogen (secondary N) is 1. The van der Waals surface area contributed by atoms with Crippen molar-refractivity contribution in [3.63, 3.8) is 0 Å². The Hall–Kier alpha value is -1.70. The Morgan fingerprint density at radius 1 is 1.23 bits per heavy atom. The Morgan fingerprint density at radius 3 is 2.54 bits per heavy atom. The van der Waals surface area contributed by atoms with Crippen LogP contribution in [0.1, 0.15) is 64.7 Å². The number of nitro groups is 1. The predicted octanol–water partition coefficient (Wildman–Crippen LogP) is 1.78. The summed E-state index contributed by atoms with van der Waals surface area (Å²) in [6.45, 7) is 2.23. The number of carbonyl (C=O) groups excluding carboxylic acids is 2. The molecule has 0 aromatic heterocycles. The van der Waals surface area contributed by atoms with Crippen LogP contribution in [-0.2, 0) is 14.3 Å². The van der Waals surface area contributed by atoms with Gasteiger partial charge < -0.3 is 15.8 Å². The predicted molar refractivity (Wildman–Crippen MR) is 95.9 cm³/mol. The van der Waals surface area contributed by atoms with Gasteiger partial charge in [0.2, 0.25) is 17.9 Å². The third kappa shape index (κ3) is 6.23. The maximum absolute atomic E-state index is 12.2. The summed E-state index contributed by atoms with van der Waals surface area (Å²) < 4.78 is 5.99. The first-order valence-electron chi connectivity index (χ1n) is 9.71. The molecular weight excluding hydrogens is 338 g/mol. The van der Waals surface area contributed by atoms with Crippen molar-refractivity contribution in [1.82, 2.24) is 5.32 Å². The molecule has 3 N–H and O–H groups in total. The van der Waals surface area contributed by atoms with Crippen LogP contribution in [0.4, 0.5) is 0 Å². The smallest absolute Gasteiger partial charge is 0.239 e. The van der Waals surface area contributed by atoms with E-state index < -0.39 is 11.9 Å². The average molecular weight is 369 g/mol. The van der Waals surface area contributed by atoms with E-state index in [2.05, 4.69) is 5.32 Å². The Morgan fingerprint density at radius 2 is 1.92 bits per heavy atom. The van der Waals surface area contributed by atoms with Crippen molar-refractivity contribution in [3.05, 3.63) is 10.1 Å². The molecule has 148 valence electrons. The number of carbonyl (C=O) groups is 2. The summed E-state index contributed by atoms with van der Waals surface area (Å²) in [6, 6.07) is -1.02. The molecule has 0 spiro atoms. The standard InChI is InChI=1S/C18H31N3O5/c1-12(17(19)22)20-18(23)14-3-2-4-16(11-14)26-10-9-13-5-7-15(8-6-13)21(24)25/h12-16H,2-11H2,1H3,(H2,19,22)(H,20,23). The third-order valence-corrected chi connectivity index (χ3v) is 5.78. The molecule has 0 aliphatic heterocycles. The Kier molecular flexibility index (Phi) is 7.81. The normalized spacial score (nSPS) is 30.3. The maximum atomic E-state index is 12.2. The molecule has 0 aromatic carbocycles. The van der Waals surface area contributed by atoms with Crippen LogP contribution < -0.4 is 11.1 Å². The van der Waals surface area contributed by atoms with Gasteiger partial charge in [-0.1, -0.05) is 6.42 Å². The second-order valence-corrected chi connectivity index (χ2v) is 7.74. The second kappa shape index (κ2) is 9.85. The minimum Gasteiger partial charge on any atom is -0.378 e. The fourth-order valence-electron chi connectivity index (χ4n) is 3.98. The molecular formula is C18H31N3O5. The highest BCUT2D eigenvalue weighted by Crippen LogP contribution is 2.30. The number of nitrogens with two attached hydrogens (primary N) is 1. The van der Waals surface area contributed by atoms with E-state index in [9.17, 15) is 19.7 Å². The summed E-state index contributed by atoms with van der Waals surface area (Å²) >= 11 is 0. The van der Waals surface area contributed by atoms with E-state index in [4.69, 9.17) is 10.5 Å². The zero-order valence-electron chi connectivity index (χ0n) is 15.5. The third-order valence-electron chi connectivity index (χ3n) is 5.78. The van der Waals surface area contributed by atoms with Crippen molar-refractivity contribution in [2.24, 2.45) is 17.6 Å². The molecule has 8 nitrogen and oxygen atoms in total. The van der Waals surface area contributed by atoms with Gasteiger partial charge in [0.1, 0.15) is 6.04 Å². The molecule has 2 rings (SSSR count). The molecule has 2 aliphatic carbocycles. The Labute approximate surface area is 154 Å². The Bertz CT molecular complexity index is 505. The number of nitrogens with zero attached hydrogens (tertiary/aromatic N) is 1. The molecule has 2 aliphatic rings. The molecule has 8 heteroatoms. The van der Waals surface area contributed by atoms with Gasteiger partial charge in [-0.3, -0.25) is 19.7 Å². The van der Waals surface area contributed by atoms with E-state index >= 15 is 0 Å². The van der Waals surface area contributed by atoms with Gasteiger partial charge in [0, 0.05) is 30.3 Å². The zero-order chi connectivity index (χ0) is 19.1. The van der Waals surface area contributed by atoms with E-state index in [0.717, 1.165) is 38.5 Å². The molecule has 0 aromatic rings. The first-order chi connectivity index (χ1) is 12.4. The molecule has 0 bridgehead atoms. The molecule has 0 heterocycles. The maximum Gasteiger partial charge on any atom is 0.239 e. The number of hydrogen-bond acceptors (Lipinski definition) is 5. The Balaban J connectivity index is 1.66. The fraction of sp³-hybridized carbons (Fsp3) is 0.889. The van der Waals surface area contributed by atoms with Crippen molar-refractivity contribution < 1.29 is 19.2 Å². The molecule has 26 heavy (non-hydrogen) atoms. The summed E-state index contributed by atoms with van der Waals surface area (Å²) in [4.78, 5) is 34.0.